The van der Waals surface area contributed by atoms with E-state index in [1.165, 1.54) is 0 Å². The van der Waals surface area contributed by atoms with Crippen molar-refractivity contribution in [3.05, 3.63) is 57.6 Å². The number of benzene rings is 2. The van der Waals surface area contributed by atoms with Gasteiger partial charge in [-0.15, -0.1) is 0 Å². The van der Waals surface area contributed by atoms with Gasteiger partial charge in [-0.05, 0) is 78.2 Å². The van der Waals surface area contributed by atoms with Crippen molar-refractivity contribution in [2.24, 2.45) is 0 Å². The van der Waals surface area contributed by atoms with E-state index >= 15 is 0 Å². The number of thiocarbonyl (C=S) groups is 1. The van der Waals surface area contributed by atoms with Crippen molar-refractivity contribution in [3.63, 3.8) is 0 Å². The number of unbranched alkanes of at least 4 members (excludes halogenated alkanes) is 1. The highest BCUT2D eigenvalue weighted by Crippen LogP contribution is 2.26. The highest BCUT2D eigenvalue weighted by Gasteiger charge is 2.12. The van der Waals surface area contributed by atoms with E-state index in [4.69, 9.17) is 21.7 Å². The van der Waals surface area contributed by atoms with Crippen molar-refractivity contribution >= 4 is 45.1 Å². The fourth-order valence-corrected chi connectivity index (χ4v) is 3.20. The second-order valence-electron chi connectivity index (χ2n) is 6.86. The summed E-state index contributed by atoms with van der Waals surface area (Å²) in [5.74, 6) is 0.443. The molecule has 2 aromatic carbocycles. The van der Waals surface area contributed by atoms with Crippen LogP contribution in [0.3, 0.4) is 0 Å². The first-order chi connectivity index (χ1) is 14.8. The summed E-state index contributed by atoms with van der Waals surface area (Å²) in [6.45, 7) is 6.40. The summed E-state index contributed by atoms with van der Waals surface area (Å²) in [6.07, 6.45) is 1.99. The van der Waals surface area contributed by atoms with Crippen LogP contribution in [0.25, 0.3) is 0 Å². The number of carbonyl (C=O) groups is 2. The van der Waals surface area contributed by atoms with Gasteiger partial charge in [0.2, 0.25) is 0 Å². The van der Waals surface area contributed by atoms with E-state index in [0.29, 0.717) is 28.1 Å². The molecule has 31 heavy (non-hydrogen) atoms. The van der Waals surface area contributed by atoms with Crippen LogP contribution in [0, 0.1) is 13.8 Å². The van der Waals surface area contributed by atoms with E-state index in [0.717, 1.165) is 24.0 Å². The lowest BCUT2D eigenvalue weighted by molar-refractivity contribution is -0.123. The summed E-state index contributed by atoms with van der Waals surface area (Å²) in [5, 5.41) is 2.47. The van der Waals surface area contributed by atoms with Gasteiger partial charge in [-0.25, -0.2) is 0 Å². The Balaban J connectivity index is 1.77. The molecule has 0 aliphatic carbocycles. The number of carbonyl (C=O) groups excluding carboxylic acids is 2. The average Bonchev–Trinajstić information content (AvgIpc) is 2.72. The van der Waals surface area contributed by atoms with Crippen LogP contribution in [0.15, 0.2) is 40.9 Å². The Morgan fingerprint density at radius 2 is 1.77 bits per heavy atom. The van der Waals surface area contributed by atoms with Gasteiger partial charge < -0.3 is 9.47 Å². The van der Waals surface area contributed by atoms with Crippen LogP contribution in [0.1, 0.15) is 41.3 Å². The number of hydrogen-bond donors (Lipinski definition) is 3. The topological polar surface area (TPSA) is 88.7 Å². The third kappa shape index (κ3) is 8.18. The van der Waals surface area contributed by atoms with Crippen LogP contribution in [0.4, 0.5) is 0 Å². The molecule has 2 rings (SSSR count). The van der Waals surface area contributed by atoms with Crippen molar-refractivity contribution in [2.75, 3.05) is 13.2 Å². The molecule has 0 aliphatic rings. The Morgan fingerprint density at radius 3 is 2.45 bits per heavy atom. The van der Waals surface area contributed by atoms with Crippen molar-refractivity contribution in [3.8, 4) is 11.5 Å². The molecule has 0 unspecified atom stereocenters. The summed E-state index contributed by atoms with van der Waals surface area (Å²) < 4.78 is 11.8. The van der Waals surface area contributed by atoms with Crippen molar-refractivity contribution in [1.82, 2.24) is 16.2 Å². The molecule has 0 saturated heterocycles. The molecule has 9 heteroatoms. The molecule has 0 heterocycles. The lowest BCUT2D eigenvalue weighted by atomic mass is 10.1. The number of aryl methyl sites for hydroxylation is 2. The maximum atomic E-state index is 12.4. The standard InChI is InChI=1S/C22H26BrN3O4S/c1-4-5-10-29-19-9-7-16(12-17(19)23)21(28)24-22(31)26-25-20(27)13-30-18-8-6-14(2)11-15(18)3/h6-9,11-12H,4-5,10,13H2,1-3H3,(H,25,27)(H2,24,26,28,31). The van der Waals surface area contributed by atoms with Gasteiger partial charge in [0, 0.05) is 5.56 Å². The number of halogens is 1. The number of hydrogen-bond acceptors (Lipinski definition) is 5. The molecule has 0 spiro atoms. The lowest BCUT2D eigenvalue weighted by Crippen LogP contribution is -2.49. The molecule has 0 saturated carbocycles. The molecule has 2 amide bonds. The molecular weight excluding hydrogens is 482 g/mol. The number of ether oxygens (including phenoxy) is 2. The molecule has 0 aliphatic heterocycles. The normalized spacial score (nSPS) is 10.2. The fourth-order valence-electron chi connectivity index (χ4n) is 2.56. The van der Waals surface area contributed by atoms with Crippen LogP contribution in [-0.4, -0.2) is 30.1 Å². The Kier molecular flexibility index (Phi) is 9.74. The minimum absolute atomic E-state index is 0.0377. The molecule has 3 N–H and O–H groups in total. The zero-order chi connectivity index (χ0) is 22.8. The monoisotopic (exact) mass is 507 g/mol. The van der Waals surface area contributed by atoms with Crippen molar-refractivity contribution < 1.29 is 19.1 Å². The zero-order valence-electron chi connectivity index (χ0n) is 17.7. The predicted molar refractivity (Wildman–Crippen MR) is 127 cm³/mol. The Morgan fingerprint density at radius 1 is 1.03 bits per heavy atom. The maximum absolute atomic E-state index is 12.4. The third-order valence-electron chi connectivity index (χ3n) is 4.18. The smallest absolute Gasteiger partial charge is 0.276 e. The maximum Gasteiger partial charge on any atom is 0.276 e. The predicted octanol–water partition coefficient (Wildman–Crippen LogP) is 3.96. The van der Waals surface area contributed by atoms with E-state index in [9.17, 15) is 9.59 Å². The van der Waals surface area contributed by atoms with Crippen LogP contribution in [0.5, 0.6) is 11.5 Å². The van der Waals surface area contributed by atoms with Gasteiger partial charge in [0.15, 0.2) is 11.7 Å². The van der Waals surface area contributed by atoms with Gasteiger partial charge in [-0.3, -0.25) is 25.8 Å². The van der Waals surface area contributed by atoms with Crippen molar-refractivity contribution in [1.29, 1.82) is 0 Å². The first kappa shape index (κ1) is 24.6. The van der Waals surface area contributed by atoms with Crippen molar-refractivity contribution in [2.45, 2.75) is 33.6 Å². The molecule has 0 aromatic heterocycles. The second-order valence-corrected chi connectivity index (χ2v) is 8.12. The fraction of sp³-hybridized carbons (Fsp3) is 0.318. The number of nitrogens with one attached hydrogen (secondary N) is 3. The van der Waals surface area contributed by atoms with Gasteiger partial charge in [0.25, 0.3) is 11.8 Å². The molecule has 0 fully saturated rings. The van der Waals surface area contributed by atoms with Crippen LogP contribution < -0.4 is 25.6 Å². The molecule has 0 atom stereocenters. The minimum Gasteiger partial charge on any atom is -0.492 e. The highest BCUT2D eigenvalue weighted by molar-refractivity contribution is 9.10. The van der Waals surface area contributed by atoms with E-state index in [1.54, 1.807) is 18.2 Å². The third-order valence-corrected chi connectivity index (χ3v) is 5.01. The molecule has 166 valence electrons. The number of amides is 2. The van der Waals surface area contributed by atoms with Gasteiger partial charge >= 0.3 is 0 Å². The Bertz CT molecular complexity index is 952. The van der Waals surface area contributed by atoms with E-state index < -0.39 is 11.8 Å². The SMILES string of the molecule is CCCCOc1ccc(C(=O)NC(=S)NNC(=O)COc2ccc(C)cc2C)cc1Br. The van der Waals surface area contributed by atoms with Crippen LogP contribution in [0.2, 0.25) is 0 Å². The van der Waals surface area contributed by atoms with Crippen LogP contribution >= 0.6 is 28.1 Å². The summed E-state index contributed by atoms with van der Waals surface area (Å²) in [4.78, 5) is 24.3. The zero-order valence-corrected chi connectivity index (χ0v) is 20.1. The molecule has 0 bridgehead atoms. The van der Waals surface area contributed by atoms with Gasteiger partial charge in [0.05, 0.1) is 11.1 Å². The average molecular weight is 508 g/mol. The van der Waals surface area contributed by atoms with Crippen LogP contribution in [-0.2, 0) is 4.79 Å². The minimum atomic E-state index is -0.437. The summed E-state index contributed by atoms with van der Waals surface area (Å²) in [6, 6.07) is 10.7. The quantitative estimate of drug-likeness (QED) is 0.284. The second kappa shape index (κ2) is 12.3. The first-order valence-electron chi connectivity index (χ1n) is 9.82. The highest BCUT2D eigenvalue weighted by atomic mass is 79.9. The molecular formula is C22H26BrN3O4S. The lowest BCUT2D eigenvalue weighted by Gasteiger charge is -2.13. The van der Waals surface area contributed by atoms with Gasteiger partial charge in [0.1, 0.15) is 11.5 Å². The van der Waals surface area contributed by atoms with Gasteiger partial charge in [-0.2, -0.15) is 0 Å². The Hall–Kier alpha value is -2.65. The number of hydrazine groups is 1. The molecule has 2 aromatic rings. The molecule has 0 radical (unpaired) electrons. The first-order valence-corrected chi connectivity index (χ1v) is 11.0. The van der Waals surface area contributed by atoms with E-state index in [2.05, 4.69) is 39.0 Å². The van der Waals surface area contributed by atoms with Gasteiger partial charge in [-0.1, -0.05) is 31.0 Å². The summed E-state index contributed by atoms with van der Waals surface area (Å²) >= 11 is 8.46. The largest absolute Gasteiger partial charge is 0.492 e. The summed E-state index contributed by atoms with van der Waals surface area (Å²) in [7, 11) is 0. The number of rotatable bonds is 8. The Labute approximate surface area is 196 Å². The van der Waals surface area contributed by atoms with E-state index in [1.807, 2.05) is 32.0 Å². The van der Waals surface area contributed by atoms with E-state index in [-0.39, 0.29) is 11.7 Å². The molecule has 7 nitrogen and oxygen atoms in total. The summed E-state index contributed by atoms with van der Waals surface area (Å²) in [5.41, 5.74) is 7.32.